The molecule has 1 aromatic carbocycles. The van der Waals surface area contributed by atoms with Gasteiger partial charge in [0.2, 0.25) is 0 Å². The Kier molecular flexibility index (Phi) is 5.18. The second-order valence-corrected chi connectivity index (χ2v) is 5.90. The molecule has 0 fully saturated rings. The van der Waals surface area contributed by atoms with Crippen LogP contribution < -0.4 is 21.1 Å². The van der Waals surface area contributed by atoms with Gasteiger partial charge in [0.15, 0.2) is 0 Å². The lowest BCUT2D eigenvalue weighted by Crippen LogP contribution is -2.45. The van der Waals surface area contributed by atoms with Crippen molar-refractivity contribution < 1.29 is 9.53 Å². The molecule has 0 unspecified atom stereocenters. The number of amides is 1. The summed E-state index contributed by atoms with van der Waals surface area (Å²) in [6.07, 6.45) is 1.63. The number of methoxy groups -OCH3 is 1. The highest BCUT2D eigenvalue weighted by Gasteiger charge is 2.17. The quantitative estimate of drug-likeness (QED) is 0.761. The molecule has 2 aromatic rings. The van der Waals surface area contributed by atoms with Crippen molar-refractivity contribution in [2.75, 3.05) is 19.0 Å². The molecule has 1 aromatic heterocycles. The van der Waals surface area contributed by atoms with Crippen LogP contribution in [0.4, 0.5) is 11.5 Å². The Bertz CT molecular complexity index is 680. The van der Waals surface area contributed by atoms with Crippen LogP contribution in [0.3, 0.4) is 0 Å². The highest BCUT2D eigenvalue weighted by Crippen LogP contribution is 2.27. The highest BCUT2D eigenvalue weighted by atomic mass is 16.5. The molecule has 0 bridgehead atoms. The van der Waals surface area contributed by atoms with Gasteiger partial charge in [-0.3, -0.25) is 4.79 Å². The minimum absolute atomic E-state index is 0.228. The Morgan fingerprint density at radius 1 is 1.26 bits per heavy atom. The lowest BCUT2D eigenvalue weighted by molar-refractivity contribution is 0.0946. The number of nitrogens with two attached hydrogens (primary N) is 1. The van der Waals surface area contributed by atoms with E-state index in [1.807, 2.05) is 38.1 Å². The van der Waals surface area contributed by atoms with Gasteiger partial charge in [0.25, 0.3) is 5.91 Å². The third-order valence-corrected chi connectivity index (χ3v) is 3.12. The van der Waals surface area contributed by atoms with Crippen molar-refractivity contribution in [2.24, 2.45) is 5.73 Å². The summed E-state index contributed by atoms with van der Waals surface area (Å²) in [5.74, 6) is 0.908. The molecule has 4 N–H and O–H groups in total. The Balaban J connectivity index is 2.22. The van der Waals surface area contributed by atoms with Gasteiger partial charge in [0.1, 0.15) is 11.6 Å². The third kappa shape index (κ3) is 4.69. The van der Waals surface area contributed by atoms with E-state index in [9.17, 15) is 4.79 Å². The number of pyridine rings is 1. The van der Waals surface area contributed by atoms with Gasteiger partial charge in [-0.05, 0) is 38.1 Å². The number of nitrogens with one attached hydrogen (secondary N) is 2. The molecule has 0 spiro atoms. The maximum Gasteiger partial charge on any atom is 0.255 e. The minimum atomic E-state index is -0.478. The van der Waals surface area contributed by atoms with Crippen molar-refractivity contribution in [3.8, 4) is 5.75 Å². The summed E-state index contributed by atoms with van der Waals surface area (Å²) >= 11 is 0. The fraction of sp³-hybridized carbons (Fsp3) is 0.294. The molecular formula is C17H22N4O2. The number of hydrogen-bond donors (Lipinski definition) is 3. The molecule has 6 nitrogen and oxygen atoms in total. The summed E-state index contributed by atoms with van der Waals surface area (Å²) in [6, 6.07) is 10.9. The summed E-state index contributed by atoms with van der Waals surface area (Å²) in [6.45, 7) is 4.07. The first-order chi connectivity index (χ1) is 10.9. The second kappa shape index (κ2) is 7.11. The van der Waals surface area contributed by atoms with Crippen molar-refractivity contribution in [1.82, 2.24) is 10.3 Å². The standard InChI is InChI=1S/C17H22N4O2/c1-17(2,18)11-20-16(22)12-7-6-10-19-15(12)21-13-8-4-5-9-14(13)23-3/h4-10H,11,18H2,1-3H3,(H,19,21)(H,20,22). The van der Waals surface area contributed by atoms with Gasteiger partial charge < -0.3 is 21.1 Å². The Hall–Kier alpha value is -2.60. The van der Waals surface area contributed by atoms with E-state index in [-0.39, 0.29) is 5.91 Å². The summed E-state index contributed by atoms with van der Waals surface area (Å²) in [5.41, 5.74) is 6.61. The van der Waals surface area contributed by atoms with Crippen molar-refractivity contribution in [3.63, 3.8) is 0 Å². The van der Waals surface area contributed by atoms with Crippen molar-refractivity contribution in [3.05, 3.63) is 48.2 Å². The van der Waals surface area contributed by atoms with E-state index in [1.54, 1.807) is 25.4 Å². The van der Waals surface area contributed by atoms with Gasteiger partial charge >= 0.3 is 0 Å². The van der Waals surface area contributed by atoms with E-state index in [2.05, 4.69) is 15.6 Å². The predicted molar refractivity (Wildman–Crippen MR) is 91.1 cm³/mol. The number of rotatable bonds is 6. The number of hydrogen-bond acceptors (Lipinski definition) is 5. The van der Waals surface area contributed by atoms with Gasteiger partial charge in [-0.25, -0.2) is 4.98 Å². The van der Waals surface area contributed by atoms with Crippen LogP contribution in [0.5, 0.6) is 5.75 Å². The molecule has 0 aliphatic heterocycles. The molecule has 0 aliphatic rings. The number of carbonyl (C=O) groups excluding carboxylic acids is 1. The van der Waals surface area contributed by atoms with E-state index in [1.165, 1.54) is 0 Å². The van der Waals surface area contributed by atoms with E-state index in [4.69, 9.17) is 10.5 Å². The second-order valence-electron chi connectivity index (χ2n) is 5.90. The highest BCUT2D eigenvalue weighted by molar-refractivity contribution is 5.99. The molecule has 1 heterocycles. The van der Waals surface area contributed by atoms with Gasteiger partial charge in [0, 0.05) is 18.3 Å². The molecule has 0 aliphatic carbocycles. The fourth-order valence-corrected chi connectivity index (χ4v) is 1.97. The van der Waals surface area contributed by atoms with Gasteiger partial charge in [-0.1, -0.05) is 12.1 Å². The van der Waals surface area contributed by atoms with Crippen LogP contribution in [0.1, 0.15) is 24.2 Å². The normalized spacial score (nSPS) is 11.0. The van der Waals surface area contributed by atoms with Crippen molar-refractivity contribution in [1.29, 1.82) is 0 Å². The van der Waals surface area contributed by atoms with Crippen molar-refractivity contribution >= 4 is 17.4 Å². The lowest BCUT2D eigenvalue weighted by Gasteiger charge is -2.19. The number of carbonyl (C=O) groups is 1. The summed E-state index contributed by atoms with van der Waals surface area (Å²) < 4.78 is 5.30. The lowest BCUT2D eigenvalue weighted by atomic mass is 10.1. The number of aromatic nitrogens is 1. The first-order valence-corrected chi connectivity index (χ1v) is 7.33. The summed E-state index contributed by atoms with van der Waals surface area (Å²) in [7, 11) is 1.59. The van der Waals surface area contributed by atoms with Crippen LogP contribution >= 0.6 is 0 Å². The maximum atomic E-state index is 12.4. The first-order valence-electron chi connectivity index (χ1n) is 7.33. The molecule has 0 atom stereocenters. The van der Waals surface area contributed by atoms with E-state index >= 15 is 0 Å². The number of benzene rings is 1. The van der Waals surface area contributed by atoms with Crippen LogP contribution in [0.2, 0.25) is 0 Å². The predicted octanol–water partition coefficient (Wildman–Crippen LogP) is 2.30. The molecule has 2 rings (SSSR count). The molecule has 0 saturated carbocycles. The molecular weight excluding hydrogens is 292 g/mol. The van der Waals surface area contributed by atoms with Crippen LogP contribution in [0, 0.1) is 0 Å². The Morgan fingerprint density at radius 3 is 2.70 bits per heavy atom. The van der Waals surface area contributed by atoms with Gasteiger partial charge in [-0.2, -0.15) is 0 Å². The average Bonchev–Trinajstić information content (AvgIpc) is 2.53. The average molecular weight is 314 g/mol. The summed E-state index contributed by atoms with van der Waals surface area (Å²) in [5, 5.41) is 5.96. The molecule has 23 heavy (non-hydrogen) atoms. The van der Waals surface area contributed by atoms with Crippen LogP contribution in [0.25, 0.3) is 0 Å². The molecule has 0 saturated heterocycles. The molecule has 6 heteroatoms. The van der Waals surface area contributed by atoms with E-state index in [0.29, 0.717) is 23.7 Å². The molecule has 0 radical (unpaired) electrons. The number of anilines is 2. The van der Waals surface area contributed by atoms with Crippen LogP contribution in [-0.2, 0) is 0 Å². The third-order valence-electron chi connectivity index (χ3n) is 3.12. The zero-order chi connectivity index (χ0) is 16.9. The zero-order valence-corrected chi connectivity index (χ0v) is 13.6. The largest absolute Gasteiger partial charge is 0.495 e. The molecule has 1 amide bonds. The topological polar surface area (TPSA) is 89.3 Å². The molecule has 122 valence electrons. The zero-order valence-electron chi connectivity index (χ0n) is 13.6. The number of para-hydroxylation sites is 2. The fourth-order valence-electron chi connectivity index (χ4n) is 1.97. The van der Waals surface area contributed by atoms with Gasteiger partial charge in [-0.15, -0.1) is 0 Å². The Morgan fingerprint density at radius 2 is 2.00 bits per heavy atom. The minimum Gasteiger partial charge on any atom is -0.495 e. The first kappa shape index (κ1) is 16.8. The van der Waals surface area contributed by atoms with Crippen molar-refractivity contribution in [2.45, 2.75) is 19.4 Å². The van der Waals surface area contributed by atoms with Gasteiger partial charge in [0.05, 0.1) is 18.4 Å². The SMILES string of the molecule is COc1ccccc1Nc1ncccc1C(=O)NCC(C)(C)N. The van der Waals surface area contributed by atoms with Crippen LogP contribution in [0.15, 0.2) is 42.6 Å². The maximum absolute atomic E-state index is 12.4. The Labute approximate surface area is 136 Å². The van der Waals surface area contributed by atoms with E-state index < -0.39 is 5.54 Å². The van der Waals surface area contributed by atoms with E-state index in [0.717, 1.165) is 5.69 Å². The monoisotopic (exact) mass is 314 g/mol. The smallest absolute Gasteiger partial charge is 0.255 e. The van der Waals surface area contributed by atoms with Crippen LogP contribution in [-0.4, -0.2) is 30.1 Å². The number of ether oxygens (including phenoxy) is 1. The number of nitrogens with zero attached hydrogens (tertiary/aromatic N) is 1. The summed E-state index contributed by atoms with van der Waals surface area (Å²) in [4.78, 5) is 16.6.